The van der Waals surface area contributed by atoms with Gasteiger partial charge in [-0.1, -0.05) is 11.6 Å². The number of rotatable bonds is 1. The second-order valence-electron chi connectivity index (χ2n) is 1.92. The van der Waals surface area contributed by atoms with E-state index < -0.39 is 0 Å². The van der Waals surface area contributed by atoms with Crippen molar-refractivity contribution < 1.29 is 73.8 Å². The van der Waals surface area contributed by atoms with E-state index in [1.54, 1.807) is 12.1 Å². The third-order valence-corrected chi connectivity index (χ3v) is 1.48. The number of hydrogen-bond donors (Lipinski definition) is 0. The molecule has 0 fully saturated rings. The maximum atomic E-state index is 8.46. The zero-order valence-corrected chi connectivity index (χ0v) is 14.9. The molecule has 1 rings (SSSR count). The van der Waals surface area contributed by atoms with Gasteiger partial charge in [0.05, 0.1) is 13.2 Å². The Hall–Kier alpha value is 0.513. The first-order chi connectivity index (χ1) is 5.27. The van der Waals surface area contributed by atoms with Crippen molar-refractivity contribution in [2.24, 2.45) is 0 Å². The van der Waals surface area contributed by atoms with Gasteiger partial charge in [0.2, 0.25) is 11.1 Å². The predicted octanol–water partition coefficient (Wildman–Crippen LogP) is -9.15. The van der Waals surface area contributed by atoms with Crippen molar-refractivity contribution in [2.75, 3.05) is 7.11 Å². The molecule has 1 aromatic rings. The van der Waals surface area contributed by atoms with Crippen LogP contribution < -0.4 is 54.4 Å². The summed E-state index contributed by atoms with van der Waals surface area (Å²) in [7, 11) is 1.50. The second-order valence-corrected chi connectivity index (χ2v) is 2.35. The van der Waals surface area contributed by atoms with E-state index in [2.05, 4.69) is 4.98 Å². The summed E-state index contributed by atoms with van der Waals surface area (Å²) in [6, 6.07) is 4.81. The number of nitrogens with zero attached hydrogens (tertiary/aromatic N) is 2. The van der Waals surface area contributed by atoms with E-state index in [0.717, 1.165) is 0 Å². The van der Waals surface area contributed by atoms with Crippen molar-refractivity contribution in [1.29, 1.82) is 5.39 Å². The quantitative estimate of drug-likeness (QED) is 0.361. The molecular weight excluding hydrogens is 371 g/mol. The Kier molecular flexibility index (Phi) is 29.1. The van der Waals surface area contributed by atoms with Crippen LogP contribution in [0.2, 0.25) is 5.02 Å². The Morgan fingerprint density at radius 3 is 2.06 bits per heavy atom. The van der Waals surface area contributed by atoms with Gasteiger partial charge in [-0.25, -0.2) is 0 Å². The molecule has 0 heterocycles. The van der Waals surface area contributed by atoms with Crippen LogP contribution in [0.3, 0.4) is 0 Å². The summed E-state index contributed by atoms with van der Waals surface area (Å²) < 4.78 is 4.88. The molecule has 0 atom stereocenters. The summed E-state index contributed by atoms with van der Waals surface area (Å²) in [5.41, 5.74) is 0.333. The average molecular weight is 377 g/mol. The van der Waals surface area contributed by atoms with E-state index in [9.17, 15) is 0 Å². The van der Waals surface area contributed by atoms with Crippen LogP contribution >= 0.6 is 11.6 Å². The van der Waals surface area contributed by atoms with Crippen LogP contribution in [-0.2, 0) is 19.5 Å². The van der Waals surface area contributed by atoms with Crippen molar-refractivity contribution >= 4 is 17.3 Å². The molecule has 0 bridgehead atoms. The van der Waals surface area contributed by atoms with Crippen LogP contribution in [0.15, 0.2) is 18.2 Å². The van der Waals surface area contributed by atoms with Crippen LogP contribution in [0.4, 0.5) is 5.69 Å². The van der Waals surface area contributed by atoms with Crippen molar-refractivity contribution in [3.8, 4) is 5.75 Å². The van der Waals surface area contributed by atoms with Crippen molar-refractivity contribution in [3.63, 3.8) is 0 Å². The fraction of sp³-hybridized carbons (Fsp3) is 0.143. The van der Waals surface area contributed by atoms with Gasteiger partial charge in [-0.3, -0.25) is 0 Å². The van der Waals surface area contributed by atoms with Gasteiger partial charge in [-0.05, 0) is 12.1 Å². The maximum absolute atomic E-state index is 8.46. The Labute approximate surface area is 137 Å². The van der Waals surface area contributed by atoms with Gasteiger partial charge in [0.1, 0.15) is 0 Å². The topological polar surface area (TPSA) is 37.4 Å². The number of diazo groups is 1. The fourth-order valence-electron chi connectivity index (χ4n) is 0.741. The molecule has 0 aliphatic heterocycles. The summed E-state index contributed by atoms with van der Waals surface area (Å²) in [6.45, 7) is 0. The van der Waals surface area contributed by atoms with Gasteiger partial charge in [0, 0.05) is 5.02 Å². The van der Waals surface area contributed by atoms with Gasteiger partial charge >= 0.3 is 25.2 Å². The van der Waals surface area contributed by atoms with Crippen LogP contribution in [0.5, 0.6) is 5.75 Å². The summed E-state index contributed by atoms with van der Waals surface area (Å²) in [6.07, 6.45) is 0. The van der Waals surface area contributed by atoms with E-state index in [0.29, 0.717) is 16.5 Å². The Morgan fingerprint density at radius 2 is 1.69 bits per heavy atom. The van der Waals surface area contributed by atoms with Gasteiger partial charge in [-0.15, -0.1) is 0 Å². The molecule has 0 amide bonds. The van der Waals surface area contributed by atoms with Gasteiger partial charge in [-0.2, -0.15) is 0 Å². The number of methoxy groups -OCH3 is 1. The molecule has 0 aromatic heterocycles. The molecule has 0 saturated heterocycles. The minimum Gasteiger partial charge on any atom is -1.00 e. The predicted molar refractivity (Wildman–Crippen MR) is 42.7 cm³/mol. The Balaban J connectivity index is -0.0000000807. The van der Waals surface area contributed by atoms with E-state index in [-0.39, 0.29) is 69.1 Å². The SMILES string of the molecule is COc1ccc(Cl)cc1[N+]#N.[Cl-].[Cl-].[Cl-].[Cl-].[Zn+2]. The van der Waals surface area contributed by atoms with E-state index >= 15 is 0 Å². The van der Waals surface area contributed by atoms with E-state index in [4.69, 9.17) is 21.7 Å². The molecule has 0 N–H and O–H groups in total. The van der Waals surface area contributed by atoms with E-state index in [1.807, 2.05) is 0 Å². The van der Waals surface area contributed by atoms with Crippen molar-refractivity contribution in [1.82, 2.24) is 0 Å². The molecule has 0 aliphatic carbocycles. The standard InChI is InChI=1S/C7H6ClN2O.4ClH.Zn/c1-11-7-3-2-5(8)4-6(7)10-9;;;;;/h2-4H,1H3;4*1H;/q+1;;;;;+2/p-4. The molecule has 16 heavy (non-hydrogen) atoms. The first-order valence-corrected chi connectivity index (χ1v) is 3.34. The second kappa shape index (κ2) is 15.5. The van der Waals surface area contributed by atoms with Gasteiger partial charge in [0.25, 0.3) is 0 Å². The van der Waals surface area contributed by atoms with E-state index in [1.165, 1.54) is 13.2 Å². The molecule has 0 unspecified atom stereocenters. The molecular formula is C7H6Cl5N2OZn-. The third kappa shape index (κ3) is 8.64. The molecule has 9 heteroatoms. The maximum Gasteiger partial charge on any atom is 2.00 e. The summed E-state index contributed by atoms with van der Waals surface area (Å²) >= 11 is 5.63. The molecule has 0 spiro atoms. The Morgan fingerprint density at radius 1 is 1.19 bits per heavy atom. The minimum atomic E-state index is 0. The first-order valence-electron chi connectivity index (χ1n) is 2.96. The molecule has 0 radical (unpaired) electrons. The van der Waals surface area contributed by atoms with Crippen molar-refractivity contribution in [3.05, 3.63) is 28.2 Å². The number of halogens is 5. The summed E-state index contributed by atoms with van der Waals surface area (Å²) in [5, 5.41) is 8.97. The van der Waals surface area contributed by atoms with Gasteiger partial charge < -0.3 is 54.4 Å². The smallest absolute Gasteiger partial charge is 1.00 e. The third-order valence-electron chi connectivity index (χ3n) is 1.25. The number of ether oxygens (including phenoxy) is 1. The summed E-state index contributed by atoms with van der Waals surface area (Å²) in [4.78, 5) is 2.99. The minimum absolute atomic E-state index is 0. The normalized spacial score (nSPS) is 6.06. The zero-order chi connectivity index (χ0) is 8.27. The van der Waals surface area contributed by atoms with Crippen molar-refractivity contribution in [2.45, 2.75) is 0 Å². The fourth-order valence-corrected chi connectivity index (χ4v) is 0.908. The number of benzene rings is 1. The Bertz CT molecular complexity index is 320. The number of hydrogen-bond acceptors (Lipinski definition) is 2. The molecule has 3 nitrogen and oxygen atoms in total. The molecule has 0 saturated carbocycles. The average Bonchev–Trinajstić information content (AvgIpc) is 2.04. The largest absolute Gasteiger partial charge is 2.00 e. The van der Waals surface area contributed by atoms with Crippen LogP contribution in [0, 0.1) is 5.39 Å². The van der Waals surface area contributed by atoms with Crippen LogP contribution in [0.25, 0.3) is 4.98 Å². The monoisotopic (exact) mass is 373 g/mol. The summed E-state index contributed by atoms with van der Waals surface area (Å²) in [5.74, 6) is 0.497. The zero-order valence-electron chi connectivity index (χ0n) is 8.13. The molecule has 1 aromatic carbocycles. The van der Waals surface area contributed by atoms with Crippen LogP contribution in [0.1, 0.15) is 0 Å². The molecule has 0 aliphatic rings. The first kappa shape index (κ1) is 30.0. The van der Waals surface area contributed by atoms with Gasteiger partial charge in [0.15, 0.2) is 4.98 Å². The molecule has 88 valence electrons. The van der Waals surface area contributed by atoms with Crippen LogP contribution in [-0.4, -0.2) is 7.11 Å².